The first-order chi connectivity index (χ1) is 6.36. The molecule has 1 nitrogen and oxygen atoms in total. The van der Waals surface area contributed by atoms with Crippen LogP contribution in [0.5, 0.6) is 0 Å². The van der Waals surface area contributed by atoms with Gasteiger partial charge in [0, 0.05) is 5.25 Å². The SMILES string of the molecule is CC1SCCC1CC1CCCNC1. The van der Waals surface area contributed by atoms with Gasteiger partial charge in [-0.3, -0.25) is 0 Å². The smallest absolute Gasteiger partial charge is 0.00473 e. The Bertz CT molecular complexity index is 154. The highest BCUT2D eigenvalue weighted by atomic mass is 32.2. The topological polar surface area (TPSA) is 12.0 Å². The number of hydrogen-bond acceptors (Lipinski definition) is 2. The number of hydrogen-bond donors (Lipinski definition) is 1. The Kier molecular flexibility index (Phi) is 3.56. The molecule has 0 saturated carbocycles. The third-order valence-electron chi connectivity index (χ3n) is 3.57. The largest absolute Gasteiger partial charge is 0.316 e. The van der Waals surface area contributed by atoms with Crippen LogP contribution in [0.3, 0.4) is 0 Å². The van der Waals surface area contributed by atoms with E-state index in [1.54, 1.807) is 0 Å². The third-order valence-corrected chi connectivity index (χ3v) is 4.95. The molecule has 2 fully saturated rings. The van der Waals surface area contributed by atoms with Gasteiger partial charge in [-0.1, -0.05) is 6.92 Å². The van der Waals surface area contributed by atoms with Gasteiger partial charge in [-0.15, -0.1) is 0 Å². The lowest BCUT2D eigenvalue weighted by Gasteiger charge is -2.26. The van der Waals surface area contributed by atoms with Crippen molar-refractivity contribution >= 4 is 11.8 Å². The van der Waals surface area contributed by atoms with Gasteiger partial charge in [0.1, 0.15) is 0 Å². The number of thioether (sulfide) groups is 1. The molecule has 0 aromatic carbocycles. The van der Waals surface area contributed by atoms with Crippen LogP contribution in [-0.4, -0.2) is 24.1 Å². The normalized spacial score (nSPS) is 40.8. The molecule has 0 aromatic rings. The van der Waals surface area contributed by atoms with Gasteiger partial charge in [0.15, 0.2) is 0 Å². The minimum absolute atomic E-state index is 0.932. The molecule has 0 amide bonds. The summed E-state index contributed by atoms with van der Waals surface area (Å²) in [4.78, 5) is 0. The fraction of sp³-hybridized carbons (Fsp3) is 1.00. The summed E-state index contributed by atoms with van der Waals surface area (Å²) < 4.78 is 0. The Morgan fingerprint density at radius 1 is 1.38 bits per heavy atom. The Hall–Kier alpha value is 0.310. The van der Waals surface area contributed by atoms with Crippen LogP contribution < -0.4 is 5.32 Å². The van der Waals surface area contributed by atoms with Crippen LogP contribution in [0, 0.1) is 11.8 Å². The summed E-state index contributed by atoms with van der Waals surface area (Å²) in [6, 6.07) is 0. The standard InChI is InChI=1S/C11H21NS/c1-9-11(4-6-13-9)7-10-3-2-5-12-8-10/h9-12H,2-8H2,1H3. The van der Waals surface area contributed by atoms with E-state index in [2.05, 4.69) is 24.0 Å². The molecule has 2 aliphatic heterocycles. The lowest BCUT2D eigenvalue weighted by molar-refractivity contribution is 0.302. The molecule has 13 heavy (non-hydrogen) atoms. The van der Waals surface area contributed by atoms with Crippen LogP contribution in [-0.2, 0) is 0 Å². The van der Waals surface area contributed by atoms with E-state index in [9.17, 15) is 0 Å². The average molecular weight is 199 g/mol. The molecule has 1 N–H and O–H groups in total. The van der Waals surface area contributed by atoms with Crippen molar-refractivity contribution in [1.29, 1.82) is 0 Å². The highest BCUT2D eigenvalue weighted by molar-refractivity contribution is 8.00. The summed E-state index contributed by atoms with van der Waals surface area (Å²) in [6.45, 7) is 4.96. The average Bonchev–Trinajstić information content (AvgIpc) is 2.54. The molecule has 0 spiro atoms. The van der Waals surface area contributed by atoms with Crippen molar-refractivity contribution in [1.82, 2.24) is 5.32 Å². The molecule has 0 radical (unpaired) electrons. The van der Waals surface area contributed by atoms with E-state index in [0.717, 1.165) is 17.1 Å². The first-order valence-corrected chi connectivity index (χ1v) is 6.73. The second kappa shape index (κ2) is 4.70. The Labute approximate surface area is 86.0 Å². The first-order valence-electron chi connectivity index (χ1n) is 5.68. The molecule has 3 atom stereocenters. The first kappa shape index (κ1) is 9.85. The van der Waals surface area contributed by atoms with Crippen LogP contribution in [0.4, 0.5) is 0 Å². The quantitative estimate of drug-likeness (QED) is 0.733. The van der Waals surface area contributed by atoms with Crippen molar-refractivity contribution in [3.05, 3.63) is 0 Å². The molecule has 0 aliphatic carbocycles. The van der Waals surface area contributed by atoms with Crippen LogP contribution in [0.15, 0.2) is 0 Å². The molecule has 3 unspecified atom stereocenters. The second-order valence-electron chi connectivity index (χ2n) is 4.57. The van der Waals surface area contributed by atoms with Crippen LogP contribution in [0.2, 0.25) is 0 Å². The Balaban J connectivity index is 1.75. The number of piperidine rings is 1. The maximum absolute atomic E-state index is 3.52. The van der Waals surface area contributed by atoms with Crippen LogP contribution in [0.25, 0.3) is 0 Å². The monoisotopic (exact) mass is 199 g/mol. The van der Waals surface area contributed by atoms with E-state index in [1.165, 1.54) is 44.5 Å². The maximum Gasteiger partial charge on any atom is 0.00473 e. The fourth-order valence-corrected chi connectivity index (χ4v) is 3.97. The molecule has 2 heterocycles. The summed E-state index contributed by atoms with van der Waals surface area (Å²) >= 11 is 2.17. The summed E-state index contributed by atoms with van der Waals surface area (Å²) in [5, 5.41) is 4.45. The highest BCUT2D eigenvalue weighted by Gasteiger charge is 2.27. The molecular weight excluding hydrogens is 178 g/mol. The number of nitrogens with one attached hydrogen (secondary N) is 1. The van der Waals surface area contributed by atoms with E-state index in [1.807, 2.05) is 0 Å². The van der Waals surface area contributed by atoms with E-state index in [4.69, 9.17) is 0 Å². The molecular formula is C11H21NS. The van der Waals surface area contributed by atoms with Gasteiger partial charge in [0.05, 0.1) is 0 Å². The van der Waals surface area contributed by atoms with Crippen molar-refractivity contribution in [3.63, 3.8) is 0 Å². The molecule has 0 aromatic heterocycles. The molecule has 76 valence electrons. The third kappa shape index (κ3) is 2.63. The Morgan fingerprint density at radius 3 is 2.92 bits per heavy atom. The molecule has 2 heteroatoms. The van der Waals surface area contributed by atoms with Gasteiger partial charge < -0.3 is 5.32 Å². The number of rotatable bonds is 2. The minimum Gasteiger partial charge on any atom is -0.316 e. The van der Waals surface area contributed by atoms with Crippen molar-refractivity contribution in [2.75, 3.05) is 18.8 Å². The van der Waals surface area contributed by atoms with Gasteiger partial charge in [-0.05, 0) is 56.4 Å². The summed E-state index contributed by atoms with van der Waals surface area (Å²) in [7, 11) is 0. The van der Waals surface area contributed by atoms with Crippen molar-refractivity contribution in [2.24, 2.45) is 11.8 Å². The van der Waals surface area contributed by atoms with Crippen molar-refractivity contribution in [2.45, 2.75) is 37.9 Å². The fourth-order valence-electron chi connectivity index (χ4n) is 2.64. The summed E-state index contributed by atoms with van der Waals surface area (Å²) in [6.07, 6.45) is 5.84. The van der Waals surface area contributed by atoms with Crippen molar-refractivity contribution < 1.29 is 0 Å². The molecule has 2 saturated heterocycles. The predicted molar refractivity (Wildman–Crippen MR) is 60.2 cm³/mol. The van der Waals surface area contributed by atoms with Gasteiger partial charge in [-0.25, -0.2) is 0 Å². The van der Waals surface area contributed by atoms with Gasteiger partial charge in [-0.2, -0.15) is 11.8 Å². The minimum atomic E-state index is 0.932. The van der Waals surface area contributed by atoms with E-state index < -0.39 is 0 Å². The molecule has 2 rings (SSSR count). The van der Waals surface area contributed by atoms with Crippen molar-refractivity contribution in [3.8, 4) is 0 Å². The van der Waals surface area contributed by atoms with E-state index in [0.29, 0.717) is 0 Å². The van der Waals surface area contributed by atoms with Crippen LogP contribution >= 0.6 is 11.8 Å². The highest BCUT2D eigenvalue weighted by Crippen LogP contribution is 2.36. The van der Waals surface area contributed by atoms with Gasteiger partial charge in [0.2, 0.25) is 0 Å². The Morgan fingerprint density at radius 2 is 2.31 bits per heavy atom. The summed E-state index contributed by atoms with van der Waals surface area (Å²) in [5.74, 6) is 3.42. The zero-order valence-corrected chi connectivity index (χ0v) is 9.41. The van der Waals surface area contributed by atoms with Gasteiger partial charge >= 0.3 is 0 Å². The second-order valence-corrected chi connectivity index (χ2v) is 6.06. The van der Waals surface area contributed by atoms with Gasteiger partial charge in [0.25, 0.3) is 0 Å². The molecule has 2 aliphatic rings. The van der Waals surface area contributed by atoms with Crippen LogP contribution in [0.1, 0.15) is 32.6 Å². The van der Waals surface area contributed by atoms with E-state index in [-0.39, 0.29) is 0 Å². The molecule has 0 bridgehead atoms. The summed E-state index contributed by atoms with van der Waals surface area (Å²) in [5.41, 5.74) is 0. The lowest BCUT2D eigenvalue weighted by Crippen LogP contribution is -2.31. The zero-order chi connectivity index (χ0) is 9.10. The predicted octanol–water partition coefficient (Wildman–Crippen LogP) is 2.52. The maximum atomic E-state index is 3.52. The lowest BCUT2D eigenvalue weighted by atomic mass is 9.86. The van der Waals surface area contributed by atoms with E-state index >= 15 is 0 Å². The zero-order valence-electron chi connectivity index (χ0n) is 8.59.